The molecule has 0 heterocycles. The van der Waals surface area contributed by atoms with Crippen LogP contribution in [0.5, 0.6) is 23.0 Å². The van der Waals surface area contributed by atoms with E-state index in [4.69, 9.17) is 33.2 Å². The second kappa shape index (κ2) is 45.4. The number of hydrogen-bond donors (Lipinski definition) is 0. The van der Waals surface area contributed by atoms with E-state index >= 15 is 0 Å². The topological polar surface area (TPSA) is 150 Å². The Hall–Kier alpha value is -11.5. The zero-order valence-electron chi connectivity index (χ0n) is 64.8. The fourth-order valence-electron chi connectivity index (χ4n) is 12.7. The highest BCUT2D eigenvalue weighted by Gasteiger charge is 2.33. The molecule has 0 amide bonds. The number of esters is 5. The van der Waals surface area contributed by atoms with E-state index in [2.05, 4.69) is 207 Å². The standard InChI is InChI=1S/C27H29O3S.C26H27O3S.C24H21O4S.C22H19O2S/c28-27(22-10-4-1-5-11-22)30-21-20-29-23-16-18-26(19-17-23)31(24-12-6-2-7-13-24)25-14-8-3-9-15-25;27-26(21-9-7-8-10-21)29-20-19-28-22-15-17-25(18-16-22)30(23-11-3-1-4-12-23)24-13-5-2-6-14-24;1-18(2)24(26)27-17-23(25)28-19-13-15-22(16-14-19)29(20-9-5-3-6-10-20)21-11-7-4-8-12-21;1-17(2)22(23)24-18-13-15-21(16-14-18)25(19-9-5-3-6-10-19)20-11-7-4-8-12-20/h2-3,6-9,12-19,22H,1,4-5,10-11,20-21H2;1-6,11-18,21H,7-10,19-20H2;3-16H,1,17H2,2H3;3-16H,1H2,2H3/q4*+1. The fourth-order valence-corrected chi connectivity index (χ4v) is 21.0. The summed E-state index contributed by atoms with van der Waals surface area (Å²) in [6, 6.07) is 115. The van der Waals surface area contributed by atoms with E-state index in [0.29, 0.717) is 43.5 Å². The lowest BCUT2D eigenvalue weighted by atomic mass is 9.89. The van der Waals surface area contributed by atoms with Crippen molar-refractivity contribution in [1.82, 2.24) is 0 Å². The first kappa shape index (κ1) is 84.4. The van der Waals surface area contributed by atoms with Gasteiger partial charge in [-0.1, -0.05) is 191 Å². The van der Waals surface area contributed by atoms with E-state index in [9.17, 15) is 24.0 Å². The Balaban J connectivity index is 0.000000151. The van der Waals surface area contributed by atoms with Gasteiger partial charge >= 0.3 is 29.8 Å². The minimum atomic E-state index is -0.641. The molecule has 2 aliphatic carbocycles. The van der Waals surface area contributed by atoms with Gasteiger partial charge in [-0.15, -0.1) is 0 Å². The molecule has 584 valence electrons. The Labute approximate surface area is 688 Å². The summed E-state index contributed by atoms with van der Waals surface area (Å²) in [6.07, 6.45) is 9.63. The highest BCUT2D eigenvalue weighted by atomic mass is 32.2. The monoisotopic (exact) mass is 1600 g/mol. The van der Waals surface area contributed by atoms with Crippen molar-refractivity contribution < 1.29 is 57.1 Å². The zero-order chi connectivity index (χ0) is 80.2. The molecule has 14 rings (SSSR count). The van der Waals surface area contributed by atoms with Crippen molar-refractivity contribution >= 4 is 73.4 Å². The Bertz CT molecular complexity index is 4810. The lowest BCUT2D eigenvalue weighted by molar-refractivity contribution is -0.150. The molecule has 2 aliphatic rings. The van der Waals surface area contributed by atoms with Gasteiger partial charge in [-0.2, -0.15) is 0 Å². The van der Waals surface area contributed by atoms with Gasteiger partial charge in [0, 0.05) is 11.1 Å². The number of rotatable bonds is 28. The molecule has 0 aliphatic heterocycles. The van der Waals surface area contributed by atoms with Crippen LogP contribution in [0, 0.1) is 11.8 Å². The molecule has 0 N–H and O–H groups in total. The molecule has 12 aromatic rings. The van der Waals surface area contributed by atoms with Crippen LogP contribution < -0.4 is 18.9 Å². The van der Waals surface area contributed by atoms with Gasteiger partial charge < -0.3 is 33.2 Å². The molecule has 0 spiro atoms. The Morgan fingerprint density at radius 1 is 0.270 bits per heavy atom. The minimum Gasteiger partial charge on any atom is -0.490 e. The van der Waals surface area contributed by atoms with Gasteiger partial charge in [-0.3, -0.25) is 9.59 Å². The largest absolute Gasteiger partial charge is 0.490 e. The lowest BCUT2D eigenvalue weighted by Gasteiger charge is -2.19. The third-order valence-corrected chi connectivity index (χ3v) is 27.3. The zero-order valence-corrected chi connectivity index (χ0v) is 68.1. The van der Waals surface area contributed by atoms with Crippen LogP contribution in [0.25, 0.3) is 0 Å². The van der Waals surface area contributed by atoms with Crippen LogP contribution in [0.3, 0.4) is 0 Å². The molecule has 2 saturated carbocycles. The van der Waals surface area contributed by atoms with Gasteiger partial charge in [0.1, 0.15) is 49.4 Å². The van der Waals surface area contributed by atoms with Crippen molar-refractivity contribution in [2.75, 3.05) is 33.0 Å². The summed E-state index contributed by atoms with van der Waals surface area (Å²) in [5.74, 6) is 0.899. The quantitative estimate of drug-likeness (QED) is 0.0115. The maximum absolute atomic E-state index is 12.1. The molecule has 12 aromatic carbocycles. The third-order valence-electron chi connectivity index (χ3n) is 18.3. The second-order valence-corrected chi connectivity index (χ2v) is 35.1. The van der Waals surface area contributed by atoms with Gasteiger partial charge in [-0.25, -0.2) is 14.4 Å². The van der Waals surface area contributed by atoms with Crippen LogP contribution in [0.2, 0.25) is 0 Å². The first-order valence-electron chi connectivity index (χ1n) is 38.6. The van der Waals surface area contributed by atoms with Crippen LogP contribution in [0.1, 0.15) is 71.6 Å². The summed E-state index contributed by atoms with van der Waals surface area (Å²) in [6.45, 7) is 11.1. The molecule has 0 bridgehead atoms. The van der Waals surface area contributed by atoms with Gasteiger partial charge in [0.2, 0.25) is 0 Å². The molecule has 0 radical (unpaired) electrons. The predicted molar refractivity (Wildman–Crippen MR) is 459 cm³/mol. The molecular formula is C99H96O12S4+4. The molecule has 0 saturated heterocycles. The Kier molecular flexibility index (Phi) is 33.3. The summed E-state index contributed by atoms with van der Waals surface area (Å²) < 4.78 is 37.7. The lowest BCUT2D eigenvalue weighted by Crippen LogP contribution is -2.22. The van der Waals surface area contributed by atoms with Crippen LogP contribution in [-0.2, 0) is 81.8 Å². The van der Waals surface area contributed by atoms with E-state index in [0.717, 1.165) is 67.8 Å². The number of ether oxygens (including phenoxy) is 7. The van der Waals surface area contributed by atoms with E-state index < -0.39 is 24.5 Å². The van der Waals surface area contributed by atoms with Crippen molar-refractivity contribution in [2.45, 2.75) is 130 Å². The molecule has 115 heavy (non-hydrogen) atoms. The van der Waals surface area contributed by atoms with E-state index in [-0.39, 0.29) is 72.9 Å². The maximum Gasteiger partial charge on any atom is 0.349 e. The summed E-state index contributed by atoms with van der Waals surface area (Å²) in [5, 5.41) is 0. The number of carbonyl (C=O) groups is 5. The Morgan fingerprint density at radius 3 is 0.748 bits per heavy atom. The summed E-state index contributed by atoms with van der Waals surface area (Å²) in [4.78, 5) is 73.8. The summed E-state index contributed by atoms with van der Waals surface area (Å²) in [5.41, 5.74) is 0.619. The first-order chi connectivity index (χ1) is 56.3. The van der Waals surface area contributed by atoms with Crippen molar-refractivity contribution in [2.24, 2.45) is 11.8 Å². The van der Waals surface area contributed by atoms with Crippen molar-refractivity contribution in [1.29, 1.82) is 0 Å². The second-order valence-electron chi connectivity index (χ2n) is 27.0. The van der Waals surface area contributed by atoms with Crippen LogP contribution in [0.4, 0.5) is 0 Å². The van der Waals surface area contributed by atoms with E-state index in [1.807, 2.05) is 133 Å². The number of benzene rings is 12. The van der Waals surface area contributed by atoms with Crippen LogP contribution in [-0.4, -0.2) is 62.9 Å². The first-order valence-corrected chi connectivity index (χ1v) is 43.5. The predicted octanol–water partition coefficient (Wildman–Crippen LogP) is 22.2. The SMILES string of the molecule is C=C(C)C(=O)OCC(=O)Oc1ccc([S+](c2ccccc2)c2ccccc2)cc1.C=C(C)C(=O)Oc1ccc([S+](c2ccccc2)c2ccccc2)cc1.O=C(OCCOc1ccc([S+](c2ccccc2)c2ccccc2)cc1)C1CCCC1.O=C(OCCOc1ccc([S+](c2ccccc2)c2ccccc2)cc1)C1CCCCC1. The summed E-state index contributed by atoms with van der Waals surface area (Å²) in [7, 11) is -0.800. The van der Waals surface area contributed by atoms with Crippen molar-refractivity contribution in [3.63, 3.8) is 0 Å². The van der Waals surface area contributed by atoms with E-state index in [1.54, 1.807) is 19.1 Å². The summed E-state index contributed by atoms with van der Waals surface area (Å²) >= 11 is 0. The molecule has 0 atom stereocenters. The maximum atomic E-state index is 12.1. The smallest absolute Gasteiger partial charge is 0.349 e. The average molecular weight is 1610 g/mol. The molecular weight excluding hydrogens is 1510 g/mol. The van der Waals surface area contributed by atoms with Crippen LogP contribution in [0.15, 0.2) is 423 Å². The average Bonchev–Trinajstić information content (AvgIpc) is 0.845. The molecule has 0 unspecified atom stereocenters. The minimum absolute atomic E-state index is 0.0617. The Morgan fingerprint density at radius 2 is 0.496 bits per heavy atom. The molecule has 0 aromatic heterocycles. The number of carbonyl (C=O) groups excluding carboxylic acids is 5. The fraction of sp³-hybridized carbons (Fsp3) is 0.182. The molecule has 12 nitrogen and oxygen atoms in total. The normalized spacial score (nSPS) is 12.4. The number of hydrogen-bond acceptors (Lipinski definition) is 12. The van der Waals surface area contributed by atoms with Gasteiger partial charge in [-0.05, 0) is 234 Å². The van der Waals surface area contributed by atoms with E-state index in [1.165, 1.54) is 67.2 Å². The van der Waals surface area contributed by atoms with Gasteiger partial charge in [0.05, 0.1) is 55.4 Å². The third kappa shape index (κ3) is 26.3. The molecule has 16 heteroatoms. The van der Waals surface area contributed by atoms with Gasteiger partial charge in [0.25, 0.3) is 0 Å². The highest BCUT2D eigenvalue weighted by molar-refractivity contribution is 7.98. The van der Waals surface area contributed by atoms with Crippen molar-refractivity contribution in [3.05, 3.63) is 364 Å². The van der Waals surface area contributed by atoms with Crippen molar-refractivity contribution in [3.8, 4) is 23.0 Å². The highest BCUT2D eigenvalue weighted by Crippen LogP contribution is 2.37. The molecule has 2 fully saturated rings. The van der Waals surface area contributed by atoms with Gasteiger partial charge in [0.15, 0.2) is 65.4 Å². The van der Waals surface area contributed by atoms with Crippen LogP contribution >= 0.6 is 0 Å².